The van der Waals surface area contributed by atoms with E-state index in [1.54, 1.807) is 0 Å². The van der Waals surface area contributed by atoms with Gasteiger partial charge in [0.05, 0.1) is 0 Å². The molecule has 0 aliphatic rings. The van der Waals surface area contributed by atoms with Gasteiger partial charge in [-0.25, -0.2) is 0 Å². The van der Waals surface area contributed by atoms with Crippen LogP contribution in [0, 0.1) is 5.92 Å². The Kier molecular flexibility index (Phi) is 10.8. The summed E-state index contributed by atoms with van der Waals surface area (Å²) in [5.74, 6) is 0.771. The van der Waals surface area contributed by atoms with E-state index >= 15 is 0 Å². The first kappa shape index (κ1) is 17.9. The zero-order chi connectivity index (χ0) is 14.0. The molecule has 1 unspecified atom stereocenters. The van der Waals surface area contributed by atoms with Gasteiger partial charge in [-0.1, -0.05) is 27.7 Å². The molecule has 0 aromatic carbocycles. The van der Waals surface area contributed by atoms with Crippen LogP contribution >= 0.6 is 0 Å². The summed E-state index contributed by atoms with van der Waals surface area (Å²) in [6.07, 6.45) is 5.13. The lowest BCUT2D eigenvalue weighted by Gasteiger charge is -2.29. The zero-order valence-corrected chi connectivity index (χ0v) is 13.6. The molecule has 0 fully saturated rings. The van der Waals surface area contributed by atoms with Crippen LogP contribution in [0.15, 0.2) is 0 Å². The third-order valence-electron chi connectivity index (χ3n) is 3.50. The molecule has 0 amide bonds. The van der Waals surface area contributed by atoms with Crippen molar-refractivity contribution in [3.05, 3.63) is 0 Å². The van der Waals surface area contributed by atoms with E-state index in [0.717, 1.165) is 12.0 Å². The van der Waals surface area contributed by atoms with Gasteiger partial charge in [-0.2, -0.15) is 0 Å². The van der Waals surface area contributed by atoms with Crippen LogP contribution in [0.2, 0.25) is 0 Å². The predicted octanol–water partition coefficient (Wildman–Crippen LogP) is 3.91. The van der Waals surface area contributed by atoms with Crippen molar-refractivity contribution in [1.82, 2.24) is 10.2 Å². The fourth-order valence-electron chi connectivity index (χ4n) is 2.37. The summed E-state index contributed by atoms with van der Waals surface area (Å²) < 4.78 is 0. The first-order chi connectivity index (χ1) is 8.51. The lowest BCUT2D eigenvalue weighted by molar-refractivity contribution is 0.191. The molecule has 110 valence electrons. The molecule has 0 radical (unpaired) electrons. The summed E-state index contributed by atoms with van der Waals surface area (Å²) in [6.45, 7) is 17.4. The Labute approximate surface area is 116 Å². The molecular formula is C16H36N2. The lowest BCUT2D eigenvalue weighted by atomic mass is 10.1. The number of nitrogens with one attached hydrogen (secondary N) is 1. The third kappa shape index (κ3) is 8.93. The average molecular weight is 256 g/mol. The van der Waals surface area contributed by atoms with Crippen LogP contribution in [-0.4, -0.2) is 36.6 Å². The summed E-state index contributed by atoms with van der Waals surface area (Å²) in [5, 5.41) is 3.64. The van der Waals surface area contributed by atoms with Gasteiger partial charge in [0.25, 0.3) is 0 Å². The molecule has 0 spiro atoms. The third-order valence-corrected chi connectivity index (χ3v) is 3.50. The zero-order valence-electron chi connectivity index (χ0n) is 13.6. The Hall–Kier alpha value is -0.0800. The second kappa shape index (κ2) is 10.8. The highest BCUT2D eigenvalue weighted by molar-refractivity contribution is 4.69. The second-order valence-corrected chi connectivity index (χ2v) is 6.18. The van der Waals surface area contributed by atoms with E-state index in [1.165, 1.54) is 45.3 Å². The van der Waals surface area contributed by atoms with Crippen molar-refractivity contribution in [2.24, 2.45) is 5.92 Å². The van der Waals surface area contributed by atoms with E-state index in [1.807, 2.05) is 0 Å². The molecule has 0 saturated carbocycles. The fraction of sp³-hybridized carbons (Fsp3) is 1.00. The summed E-state index contributed by atoms with van der Waals surface area (Å²) in [4.78, 5) is 2.62. The van der Waals surface area contributed by atoms with Crippen molar-refractivity contribution >= 4 is 0 Å². The lowest BCUT2D eigenvalue weighted by Crippen LogP contribution is -2.36. The molecule has 0 bridgehead atoms. The van der Waals surface area contributed by atoms with Crippen molar-refractivity contribution in [3.63, 3.8) is 0 Å². The van der Waals surface area contributed by atoms with Gasteiger partial charge < -0.3 is 10.2 Å². The SMILES string of the molecule is CCCNC(CC)CCCN(CC(C)C)C(C)C. The van der Waals surface area contributed by atoms with Gasteiger partial charge in [0.2, 0.25) is 0 Å². The van der Waals surface area contributed by atoms with Gasteiger partial charge in [0.1, 0.15) is 0 Å². The summed E-state index contributed by atoms with van der Waals surface area (Å²) in [5.41, 5.74) is 0. The number of hydrogen-bond donors (Lipinski definition) is 1. The van der Waals surface area contributed by atoms with E-state index in [9.17, 15) is 0 Å². The van der Waals surface area contributed by atoms with Crippen LogP contribution in [0.1, 0.15) is 67.2 Å². The first-order valence-electron chi connectivity index (χ1n) is 7.98. The Balaban J connectivity index is 3.88. The molecular weight excluding hydrogens is 220 g/mol. The molecule has 2 nitrogen and oxygen atoms in total. The van der Waals surface area contributed by atoms with Gasteiger partial charge in [-0.3, -0.25) is 0 Å². The van der Waals surface area contributed by atoms with Crippen LogP contribution < -0.4 is 5.32 Å². The van der Waals surface area contributed by atoms with Crippen molar-refractivity contribution in [1.29, 1.82) is 0 Å². The van der Waals surface area contributed by atoms with Crippen LogP contribution in [0.3, 0.4) is 0 Å². The molecule has 0 aliphatic heterocycles. The molecule has 0 aromatic rings. The smallest absolute Gasteiger partial charge is 0.00649 e. The standard InChI is InChI=1S/C16H36N2/c1-7-11-17-16(8-2)10-9-12-18(15(5)6)13-14(3)4/h14-17H,7-13H2,1-6H3. The minimum Gasteiger partial charge on any atom is -0.314 e. The monoisotopic (exact) mass is 256 g/mol. The number of nitrogens with zero attached hydrogens (tertiary/aromatic N) is 1. The van der Waals surface area contributed by atoms with Gasteiger partial charge in [0, 0.05) is 18.6 Å². The Morgan fingerprint density at radius 3 is 2.17 bits per heavy atom. The highest BCUT2D eigenvalue weighted by Crippen LogP contribution is 2.08. The maximum absolute atomic E-state index is 3.64. The molecule has 0 saturated heterocycles. The van der Waals surface area contributed by atoms with E-state index in [2.05, 4.69) is 51.8 Å². The Bertz CT molecular complexity index is 178. The largest absolute Gasteiger partial charge is 0.314 e. The second-order valence-electron chi connectivity index (χ2n) is 6.18. The fourth-order valence-corrected chi connectivity index (χ4v) is 2.37. The van der Waals surface area contributed by atoms with Gasteiger partial charge in [-0.15, -0.1) is 0 Å². The topological polar surface area (TPSA) is 15.3 Å². The quantitative estimate of drug-likeness (QED) is 0.603. The van der Waals surface area contributed by atoms with E-state index in [0.29, 0.717) is 6.04 Å². The highest BCUT2D eigenvalue weighted by Gasteiger charge is 2.12. The molecule has 1 N–H and O–H groups in total. The Morgan fingerprint density at radius 1 is 1.06 bits per heavy atom. The van der Waals surface area contributed by atoms with Crippen molar-refractivity contribution in [2.45, 2.75) is 79.3 Å². The summed E-state index contributed by atoms with van der Waals surface area (Å²) in [6, 6.07) is 1.40. The predicted molar refractivity (Wildman–Crippen MR) is 83.2 cm³/mol. The van der Waals surface area contributed by atoms with Crippen molar-refractivity contribution < 1.29 is 0 Å². The molecule has 18 heavy (non-hydrogen) atoms. The number of hydrogen-bond acceptors (Lipinski definition) is 2. The maximum atomic E-state index is 3.64. The molecule has 0 heterocycles. The normalized spacial score (nSPS) is 13.8. The summed E-state index contributed by atoms with van der Waals surface area (Å²) in [7, 11) is 0. The first-order valence-corrected chi connectivity index (χ1v) is 7.98. The van der Waals surface area contributed by atoms with Gasteiger partial charge in [-0.05, 0) is 58.5 Å². The Morgan fingerprint density at radius 2 is 1.72 bits per heavy atom. The summed E-state index contributed by atoms with van der Waals surface area (Å²) >= 11 is 0. The highest BCUT2D eigenvalue weighted by atomic mass is 15.1. The van der Waals surface area contributed by atoms with Crippen LogP contribution in [-0.2, 0) is 0 Å². The number of rotatable bonds is 11. The maximum Gasteiger partial charge on any atom is 0.00649 e. The van der Waals surface area contributed by atoms with E-state index in [4.69, 9.17) is 0 Å². The van der Waals surface area contributed by atoms with Gasteiger partial charge >= 0.3 is 0 Å². The molecule has 0 rings (SSSR count). The molecule has 2 heteroatoms. The van der Waals surface area contributed by atoms with Crippen molar-refractivity contribution in [3.8, 4) is 0 Å². The molecule has 1 atom stereocenters. The molecule has 0 aromatic heterocycles. The van der Waals surface area contributed by atoms with Crippen LogP contribution in [0.5, 0.6) is 0 Å². The average Bonchev–Trinajstić information content (AvgIpc) is 2.31. The minimum absolute atomic E-state index is 0.677. The van der Waals surface area contributed by atoms with Crippen molar-refractivity contribution in [2.75, 3.05) is 19.6 Å². The molecule has 0 aliphatic carbocycles. The van der Waals surface area contributed by atoms with E-state index in [-0.39, 0.29) is 0 Å². The van der Waals surface area contributed by atoms with Gasteiger partial charge in [0.15, 0.2) is 0 Å². The van der Waals surface area contributed by atoms with Crippen LogP contribution in [0.25, 0.3) is 0 Å². The minimum atomic E-state index is 0.677. The van der Waals surface area contributed by atoms with Crippen LogP contribution in [0.4, 0.5) is 0 Å². The van der Waals surface area contributed by atoms with E-state index < -0.39 is 0 Å².